The van der Waals surface area contributed by atoms with E-state index in [1.807, 2.05) is 36.4 Å². The van der Waals surface area contributed by atoms with Crippen LogP contribution in [0, 0.1) is 0 Å². The molecule has 0 aliphatic carbocycles. The largest absolute Gasteiger partial charge is 0.465 e. The summed E-state index contributed by atoms with van der Waals surface area (Å²) in [5.74, 6) is -0.0223. The van der Waals surface area contributed by atoms with E-state index in [0.29, 0.717) is 6.61 Å². The molecule has 0 bridgehead atoms. The fourth-order valence-electron chi connectivity index (χ4n) is 2.07. The molecule has 1 heterocycles. The van der Waals surface area contributed by atoms with Crippen LogP contribution in [0.15, 0.2) is 48.8 Å². The summed E-state index contributed by atoms with van der Waals surface area (Å²) in [6.45, 7) is 2.12. The molecule has 0 fully saturated rings. The number of esters is 1. The molecule has 0 radical (unpaired) electrons. The van der Waals surface area contributed by atoms with Gasteiger partial charge in [-0.2, -0.15) is 0 Å². The van der Waals surface area contributed by atoms with Gasteiger partial charge in [-0.15, -0.1) is 11.8 Å². The van der Waals surface area contributed by atoms with Crippen molar-refractivity contribution in [1.29, 1.82) is 0 Å². The zero-order chi connectivity index (χ0) is 17.2. The highest BCUT2D eigenvalue weighted by Gasteiger charge is 2.06. The van der Waals surface area contributed by atoms with Crippen molar-refractivity contribution in [2.45, 2.75) is 13.3 Å². The topological polar surface area (TPSA) is 68.3 Å². The molecule has 1 N–H and O–H groups in total. The molecule has 6 heteroatoms. The lowest BCUT2D eigenvalue weighted by atomic mass is 10.1. The maximum Gasteiger partial charge on any atom is 0.315 e. The summed E-state index contributed by atoms with van der Waals surface area (Å²) in [6.07, 6.45) is 4.38. The van der Waals surface area contributed by atoms with Gasteiger partial charge in [-0.3, -0.25) is 14.6 Å². The van der Waals surface area contributed by atoms with Gasteiger partial charge in [-0.1, -0.05) is 12.1 Å². The lowest BCUT2D eigenvalue weighted by molar-refractivity contribution is -0.139. The van der Waals surface area contributed by atoms with Crippen molar-refractivity contribution in [2.24, 2.45) is 0 Å². The number of carbonyl (C=O) groups is 2. The quantitative estimate of drug-likeness (QED) is 0.746. The predicted octanol–water partition coefficient (Wildman–Crippen LogP) is 2.91. The van der Waals surface area contributed by atoms with Crippen LogP contribution < -0.4 is 5.32 Å². The maximum atomic E-state index is 11.8. The number of hydrogen-bond acceptors (Lipinski definition) is 5. The molecule has 0 aliphatic rings. The SMILES string of the molecule is CCOC(=O)CSCC(=O)Nc1ccc(Cc2ccncc2)cc1. The third kappa shape index (κ3) is 6.42. The Hall–Kier alpha value is -2.34. The van der Waals surface area contributed by atoms with Crippen LogP contribution in [0.3, 0.4) is 0 Å². The highest BCUT2D eigenvalue weighted by molar-refractivity contribution is 8.00. The number of nitrogens with zero attached hydrogens (tertiary/aromatic N) is 1. The first-order valence-electron chi connectivity index (χ1n) is 7.68. The van der Waals surface area contributed by atoms with Crippen LogP contribution >= 0.6 is 11.8 Å². The Bertz CT molecular complexity index is 660. The number of nitrogens with one attached hydrogen (secondary N) is 1. The monoisotopic (exact) mass is 344 g/mol. The van der Waals surface area contributed by atoms with E-state index in [-0.39, 0.29) is 23.4 Å². The van der Waals surface area contributed by atoms with Gasteiger partial charge in [-0.25, -0.2) is 0 Å². The van der Waals surface area contributed by atoms with E-state index in [4.69, 9.17) is 4.74 Å². The average molecular weight is 344 g/mol. The minimum absolute atomic E-state index is 0.133. The van der Waals surface area contributed by atoms with Crippen molar-refractivity contribution < 1.29 is 14.3 Å². The predicted molar refractivity (Wildman–Crippen MR) is 96.1 cm³/mol. The molecule has 0 unspecified atom stereocenters. The fourth-order valence-corrected chi connectivity index (χ4v) is 2.68. The van der Waals surface area contributed by atoms with Crippen LogP contribution in [-0.4, -0.2) is 35.0 Å². The molecule has 1 aromatic carbocycles. The third-order valence-corrected chi connectivity index (χ3v) is 4.06. The molecule has 0 aliphatic heterocycles. The van der Waals surface area contributed by atoms with Crippen LogP contribution in [0.1, 0.15) is 18.1 Å². The van der Waals surface area contributed by atoms with E-state index < -0.39 is 0 Å². The van der Waals surface area contributed by atoms with E-state index >= 15 is 0 Å². The fraction of sp³-hybridized carbons (Fsp3) is 0.278. The van der Waals surface area contributed by atoms with Gasteiger partial charge in [0.2, 0.25) is 5.91 Å². The van der Waals surface area contributed by atoms with Crippen molar-refractivity contribution in [3.05, 3.63) is 59.9 Å². The van der Waals surface area contributed by atoms with Crippen LogP contribution in [0.4, 0.5) is 5.69 Å². The van der Waals surface area contributed by atoms with E-state index in [1.54, 1.807) is 19.3 Å². The van der Waals surface area contributed by atoms with E-state index in [1.165, 1.54) is 17.3 Å². The third-order valence-electron chi connectivity index (χ3n) is 3.15. The van der Waals surface area contributed by atoms with Gasteiger partial charge in [-0.05, 0) is 48.7 Å². The number of thioether (sulfide) groups is 1. The van der Waals surface area contributed by atoms with Crippen LogP contribution in [-0.2, 0) is 20.7 Å². The first kappa shape index (κ1) is 18.0. The van der Waals surface area contributed by atoms with Crippen molar-refractivity contribution in [1.82, 2.24) is 4.98 Å². The molecule has 0 spiro atoms. The summed E-state index contributed by atoms with van der Waals surface area (Å²) >= 11 is 1.24. The Morgan fingerprint density at radius 2 is 1.71 bits per heavy atom. The molecule has 0 saturated heterocycles. The maximum absolute atomic E-state index is 11.8. The lowest BCUT2D eigenvalue weighted by Crippen LogP contribution is -2.16. The number of benzene rings is 1. The Morgan fingerprint density at radius 1 is 1.04 bits per heavy atom. The van der Waals surface area contributed by atoms with Gasteiger partial charge < -0.3 is 10.1 Å². The van der Waals surface area contributed by atoms with Crippen LogP contribution in [0.5, 0.6) is 0 Å². The molecule has 2 rings (SSSR count). The summed E-state index contributed by atoms with van der Waals surface area (Å²) in [5, 5.41) is 2.82. The van der Waals surface area contributed by atoms with Gasteiger partial charge in [0.1, 0.15) is 0 Å². The molecule has 0 atom stereocenters. The Kier molecular flexibility index (Phi) is 7.29. The Labute approximate surface area is 145 Å². The molecular formula is C18H20N2O3S. The van der Waals surface area contributed by atoms with Gasteiger partial charge in [0.15, 0.2) is 0 Å². The van der Waals surface area contributed by atoms with Crippen LogP contribution in [0.25, 0.3) is 0 Å². The molecule has 126 valence electrons. The highest BCUT2D eigenvalue weighted by Crippen LogP contribution is 2.14. The number of amides is 1. The molecule has 0 saturated carbocycles. The molecular weight excluding hydrogens is 324 g/mol. The number of pyridine rings is 1. The second-order valence-corrected chi connectivity index (χ2v) is 6.06. The number of carbonyl (C=O) groups excluding carboxylic acids is 2. The zero-order valence-corrected chi connectivity index (χ0v) is 14.3. The summed E-state index contributed by atoms with van der Waals surface area (Å²) in [5.41, 5.74) is 3.10. The standard InChI is InChI=1S/C18H20N2O3S/c1-2-23-18(22)13-24-12-17(21)20-16-5-3-14(4-6-16)11-15-7-9-19-10-8-15/h3-10H,2,11-13H2,1H3,(H,20,21). The van der Waals surface area contributed by atoms with E-state index in [0.717, 1.165) is 17.7 Å². The van der Waals surface area contributed by atoms with Crippen molar-refractivity contribution in [3.8, 4) is 0 Å². The minimum Gasteiger partial charge on any atom is -0.465 e. The first-order valence-corrected chi connectivity index (χ1v) is 8.84. The molecule has 1 amide bonds. The summed E-state index contributed by atoms with van der Waals surface area (Å²) in [7, 11) is 0. The molecule has 1 aromatic heterocycles. The number of anilines is 1. The molecule has 2 aromatic rings. The molecule has 5 nitrogen and oxygen atoms in total. The zero-order valence-electron chi connectivity index (χ0n) is 13.5. The summed E-state index contributed by atoms with van der Waals surface area (Å²) < 4.78 is 4.81. The summed E-state index contributed by atoms with van der Waals surface area (Å²) in [6, 6.07) is 11.7. The number of aromatic nitrogens is 1. The van der Waals surface area contributed by atoms with E-state index in [9.17, 15) is 9.59 Å². The smallest absolute Gasteiger partial charge is 0.315 e. The van der Waals surface area contributed by atoms with Gasteiger partial charge in [0, 0.05) is 18.1 Å². The van der Waals surface area contributed by atoms with Crippen molar-refractivity contribution >= 4 is 29.3 Å². The van der Waals surface area contributed by atoms with Crippen LogP contribution in [0.2, 0.25) is 0 Å². The number of hydrogen-bond donors (Lipinski definition) is 1. The lowest BCUT2D eigenvalue weighted by Gasteiger charge is -2.07. The Morgan fingerprint density at radius 3 is 2.38 bits per heavy atom. The normalized spacial score (nSPS) is 10.2. The second-order valence-electron chi connectivity index (χ2n) is 5.08. The second kappa shape index (κ2) is 9.72. The summed E-state index contributed by atoms with van der Waals surface area (Å²) in [4.78, 5) is 27.0. The van der Waals surface area contributed by atoms with Gasteiger partial charge in [0.05, 0.1) is 18.1 Å². The highest BCUT2D eigenvalue weighted by atomic mass is 32.2. The van der Waals surface area contributed by atoms with E-state index in [2.05, 4.69) is 10.3 Å². The number of rotatable bonds is 8. The first-order chi connectivity index (χ1) is 11.7. The van der Waals surface area contributed by atoms with Crippen molar-refractivity contribution in [2.75, 3.05) is 23.4 Å². The number of ether oxygens (including phenoxy) is 1. The molecule has 24 heavy (non-hydrogen) atoms. The minimum atomic E-state index is -0.296. The Balaban J connectivity index is 1.76. The van der Waals surface area contributed by atoms with Gasteiger partial charge in [0.25, 0.3) is 0 Å². The van der Waals surface area contributed by atoms with Crippen molar-refractivity contribution in [3.63, 3.8) is 0 Å². The average Bonchev–Trinajstić information content (AvgIpc) is 2.58. The van der Waals surface area contributed by atoms with Gasteiger partial charge >= 0.3 is 5.97 Å².